The molecule has 2 saturated heterocycles. The number of nitrogens with one attached hydrogen (secondary N) is 2. The minimum Gasteiger partial charge on any atom is -0.493 e. The summed E-state index contributed by atoms with van der Waals surface area (Å²) >= 11 is 0. The van der Waals surface area contributed by atoms with Crippen LogP contribution in [0.1, 0.15) is 52.8 Å². The molecule has 2 aromatic rings. The zero-order chi connectivity index (χ0) is 33.2. The molecule has 0 unspecified atom stereocenters. The number of amides is 2. The van der Waals surface area contributed by atoms with Crippen LogP contribution in [0.3, 0.4) is 0 Å². The van der Waals surface area contributed by atoms with Gasteiger partial charge in [-0.2, -0.15) is 9.98 Å². The van der Waals surface area contributed by atoms with Crippen LogP contribution in [0.2, 0.25) is 0 Å². The highest BCUT2D eigenvalue weighted by molar-refractivity contribution is 6.04. The fraction of sp³-hybridized carbons (Fsp3) is 0.429. The second kappa shape index (κ2) is 13.4. The Morgan fingerprint density at radius 2 is 1.06 bits per heavy atom. The van der Waals surface area contributed by atoms with Gasteiger partial charge < -0.3 is 38.2 Å². The lowest BCUT2D eigenvalue weighted by Crippen LogP contribution is -2.70. The first-order valence-corrected chi connectivity index (χ1v) is 15.8. The standard InChI is InChI=1S/C35H40N4O8/c1-20-12-26-32(44-5)36-24-16-30(28(42-3)14-22(24)34(40)38(26)18-20)46-10-8-7-9-11-47-31-17-25-23(15-29(31)43-4)35(41)39-19-21(2)13-27(39)33(37-25)45-6/h14-17,26-27H,1-2,7-13,18-19H2,3-6H3/p+2/t26-,27-/m0/s1. The van der Waals surface area contributed by atoms with E-state index in [1.54, 1.807) is 62.5 Å². The van der Waals surface area contributed by atoms with E-state index in [0.29, 0.717) is 96.4 Å². The molecular weight excluding hydrogens is 604 g/mol. The number of unbranched alkanes of at least 4 members (excludes halogenated alkanes) is 2. The molecule has 4 aliphatic heterocycles. The molecule has 12 heteroatoms. The van der Waals surface area contributed by atoms with Gasteiger partial charge in [0, 0.05) is 38.1 Å². The van der Waals surface area contributed by atoms with Gasteiger partial charge in [0.25, 0.3) is 11.8 Å². The Hall–Kier alpha value is -5.00. The molecular formula is C35H42N4O8+2. The number of hydrogen-bond acceptors (Lipinski definition) is 8. The highest BCUT2D eigenvalue weighted by atomic mass is 16.5. The number of rotatable bonds is 10. The summed E-state index contributed by atoms with van der Waals surface area (Å²) < 4.78 is 34.7. The molecule has 6 rings (SSSR count). The second-order valence-electron chi connectivity index (χ2n) is 12.0. The first-order chi connectivity index (χ1) is 22.8. The molecule has 0 aliphatic carbocycles. The van der Waals surface area contributed by atoms with Gasteiger partial charge in [0.05, 0.1) is 53.8 Å². The summed E-state index contributed by atoms with van der Waals surface area (Å²) in [5.41, 5.74) is 4.18. The van der Waals surface area contributed by atoms with E-state index in [0.717, 1.165) is 30.4 Å². The maximum Gasteiger partial charge on any atom is 0.364 e. The van der Waals surface area contributed by atoms with Gasteiger partial charge >= 0.3 is 11.8 Å². The molecule has 0 aromatic heterocycles. The van der Waals surface area contributed by atoms with Crippen molar-refractivity contribution in [3.63, 3.8) is 0 Å². The van der Waals surface area contributed by atoms with Gasteiger partial charge in [-0.15, -0.1) is 0 Å². The highest BCUT2D eigenvalue weighted by Gasteiger charge is 2.44. The van der Waals surface area contributed by atoms with Crippen molar-refractivity contribution in [2.45, 2.75) is 44.2 Å². The maximum absolute atomic E-state index is 13.4. The molecule has 0 spiro atoms. The molecule has 2 amide bonds. The number of hydrogen-bond donors (Lipinski definition) is 2. The maximum atomic E-state index is 13.4. The van der Waals surface area contributed by atoms with Gasteiger partial charge in [-0.25, -0.2) is 0 Å². The molecule has 0 bridgehead atoms. The Balaban J connectivity index is 1.06. The summed E-state index contributed by atoms with van der Waals surface area (Å²) in [6.45, 7) is 10.0. The smallest absolute Gasteiger partial charge is 0.364 e. The topological polar surface area (TPSA) is 124 Å². The van der Waals surface area contributed by atoms with E-state index in [1.165, 1.54) is 0 Å². The van der Waals surface area contributed by atoms with Gasteiger partial charge in [-0.3, -0.25) is 9.59 Å². The SMILES string of the molecule is C=C1C[C@H]2C(OC)=[NH+]c3cc(OCCCCCOc4cc5c(cc4OC)C(=O)N4CC(=C)C[C@H]4C(OC)=[NH+]5)c(OC)cc3C(=O)N2C1. The minimum atomic E-state index is -0.214. The number of carbonyl (C=O) groups excluding carboxylic acids is 2. The fourth-order valence-electron chi connectivity index (χ4n) is 6.58. The van der Waals surface area contributed by atoms with Crippen molar-refractivity contribution in [1.29, 1.82) is 0 Å². The van der Waals surface area contributed by atoms with Crippen LogP contribution in [0.25, 0.3) is 0 Å². The third kappa shape index (κ3) is 6.11. The molecule has 4 heterocycles. The van der Waals surface area contributed by atoms with Crippen molar-refractivity contribution in [3.05, 3.63) is 59.7 Å². The van der Waals surface area contributed by atoms with Crippen molar-refractivity contribution in [1.82, 2.24) is 9.80 Å². The van der Waals surface area contributed by atoms with Gasteiger partial charge in [0.15, 0.2) is 35.1 Å². The largest absolute Gasteiger partial charge is 0.493 e. The Bertz CT molecular complexity index is 1560. The molecule has 248 valence electrons. The Morgan fingerprint density at radius 1 is 0.638 bits per heavy atom. The lowest BCUT2D eigenvalue weighted by Gasteiger charge is -2.19. The third-order valence-electron chi connectivity index (χ3n) is 8.96. The van der Waals surface area contributed by atoms with Crippen LogP contribution in [0, 0.1) is 0 Å². The van der Waals surface area contributed by atoms with E-state index in [9.17, 15) is 9.59 Å². The Morgan fingerprint density at radius 3 is 1.45 bits per heavy atom. The average molecular weight is 647 g/mol. The lowest BCUT2D eigenvalue weighted by atomic mass is 10.1. The van der Waals surface area contributed by atoms with Crippen LogP contribution in [0.15, 0.2) is 48.6 Å². The summed E-state index contributed by atoms with van der Waals surface area (Å²) in [7, 11) is 6.31. The van der Waals surface area contributed by atoms with Crippen LogP contribution >= 0.6 is 0 Å². The highest BCUT2D eigenvalue weighted by Crippen LogP contribution is 2.37. The number of carbonyl (C=O) groups is 2. The zero-order valence-electron chi connectivity index (χ0n) is 27.4. The van der Waals surface area contributed by atoms with Gasteiger partial charge in [0.1, 0.15) is 11.1 Å². The Labute approximate surface area is 274 Å². The van der Waals surface area contributed by atoms with Gasteiger partial charge in [-0.1, -0.05) is 24.3 Å². The summed E-state index contributed by atoms with van der Waals surface area (Å²) in [5.74, 6) is 3.04. The van der Waals surface area contributed by atoms with Crippen LogP contribution in [0.5, 0.6) is 23.0 Å². The van der Waals surface area contributed by atoms with Crippen molar-refractivity contribution in [2.75, 3.05) is 54.7 Å². The van der Waals surface area contributed by atoms with E-state index < -0.39 is 0 Å². The molecule has 2 N–H and O–H groups in total. The first kappa shape index (κ1) is 32.0. The monoisotopic (exact) mass is 646 g/mol. The Kier molecular flexibility index (Phi) is 9.10. The van der Waals surface area contributed by atoms with Crippen molar-refractivity contribution >= 4 is 35.0 Å². The van der Waals surface area contributed by atoms with Gasteiger partial charge in [-0.05, 0) is 19.3 Å². The molecule has 47 heavy (non-hydrogen) atoms. The predicted molar refractivity (Wildman–Crippen MR) is 173 cm³/mol. The quantitative estimate of drug-likeness (QED) is 0.294. The van der Waals surface area contributed by atoms with Crippen molar-refractivity contribution < 1.29 is 48.0 Å². The first-order valence-electron chi connectivity index (χ1n) is 15.8. The summed E-state index contributed by atoms with van der Waals surface area (Å²) in [6.07, 6.45) is 3.70. The molecule has 2 aromatic carbocycles. The minimum absolute atomic E-state index is 0.106. The number of benzene rings is 2. The van der Waals surface area contributed by atoms with E-state index in [4.69, 9.17) is 28.4 Å². The van der Waals surface area contributed by atoms with Crippen LogP contribution in [-0.4, -0.2) is 100 Å². The second-order valence-corrected chi connectivity index (χ2v) is 12.0. The molecule has 2 atom stereocenters. The van der Waals surface area contributed by atoms with E-state index >= 15 is 0 Å². The molecule has 12 nitrogen and oxygen atoms in total. The summed E-state index contributed by atoms with van der Waals surface area (Å²) in [4.78, 5) is 37.0. The normalized spacial score (nSPS) is 19.9. The molecule has 0 saturated carbocycles. The van der Waals surface area contributed by atoms with Gasteiger partial charge in [0.2, 0.25) is 11.4 Å². The van der Waals surface area contributed by atoms with E-state index in [2.05, 4.69) is 23.1 Å². The fourth-order valence-corrected chi connectivity index (χ4v) is 6.58. The number of fused-ring (bicyclic) bond motifs is 4. The molecule has 4 aliphatic rings. The van der Waals surface area contributed by atoms with E-state index in [1.807, 2.05) is 0 Å². The van der Waals surface area contributed by atoms with E-state index in [-0.39, 0.29) is 23.9 Å². The molecule has 2 fully saturated rings. The predicted octanol–water partition coefficient (Wildman–Crippen LogP) is 1.41. The zero-order valence-corrected chi connectivity index (χ0v) is 27.4. The van der Waals surface area contributed by atoms with Crippen molar-refractivity contribution in [2.24, 2.45) is 0 Å². The number of methoxy groups -OCH3 is 4. The molecule has 0 radical (unpaired) electrons. The third-order valence-corrected chi connectivity index (χ3v) is 8.96. The van der Waals surface area contributed by atoms with Crippen molar-refractivity contribution in [3.8, 4) is 23.0 Å². The number of nitrogens with zero attached hydrogens (tertiary/aromatic N) is 2. The lowest BCUT2D eigenvalue weighted by molar-refractivity contribution is -0.370. The average Bonchev–Trinajstić information content (AvgIpc) is 3.61. The van der Waals surface area contributed by atoms with Crippen LogP contribution in [0.4, 0.5) is 11.4 Å². The van der Waals surface area contributed by atoms with Crippen LogP contribution < -0.4 is 28.9 Å². The number of ether oxygens (including phenoxy) is 6. The van der Waals surface area contributed by atoms with Crippen LogP contribution in [-0.2, 0) is 9.47 Å². The summed E-state index contributed by atoms with van der Waals surface area (Å²) in [6, 6.07) is 6.59. The summed E-state index contributed by atoms with van der Waals surface area (Å²) in [5, 5.41) is 0.